The average Bonchev–Trinajstić information content (AvgIpc) is 2.16. The van der Waals surface area contributed by atoms with Crippen LogP contribution >= 0.6 is 0 Å². The zero-order chi connectivity index (χ0) is 9.73. The molecule has 0 fully saturated rings. The number of hydrogen-bond donors (Lipinski definition) is 2. The summed E-state index contributed by atoms with van der Waals surface area (Å²) in [5, 5.41) is 8.72. The molecule has 1 unspecified atom stereocenters. The second kappa shape index (κ2) is 4.40. The Morgan fingerprint density at radius 1 is 1.31 bits per heavy atom. The summed E-state index contributed by atoms with van der Waals surface area (Å²) in [4.78, 5) is 0. The Balaban J connectivity index is 2.69. The predicted molar refractivity (Wildman–Crippen MR) is 54.3 cm³/mol. The van der Waals surface area contributed by atoms with E-state index < -0.39 is 0 Å². The summed E-state index contributed by atoms with van der Waals surface area (Å²) in [6.07, 6.45) is 1.56. The highest BCUT2D eigenvalue weighted by Gasteiger charge is 2.19. The lowest BCUT2D eigenvalue weighted by molar-refractivity contribution is 0.265. The van der Waals surface area contributed by atoms with Crippen LogP contribution in [0.15, 0.2) is 30.3 Å². The Morgan fingerprint density at radius 3 is 2.46 bits per heavy atom. The first-order valence-corrected chi connectivity index (χ1v) is 4.62. The van der Waals surface area contributed by atoms with Gasteiger partial charge in [0.15, 0.2) is 0 Å². The summed E-state index contributed by atoms with van der Waals surface area (Å²) in [6, 6.07) is 10.00. The summed E-state index contributed by atoms with van der Waals surface area (Å²) < 4.78 is 0. The summed E-state index contributed by atoms with van der Waals surface area (Å²) >= 11 is 0. The van der Waals surface area contributed by atoms with Crippen molar-refractivity contribution in [3.05, 3.63) is 35.9 Å². The lowest BCUT2D eigenvalue weighted by Gasteiger charge is -2.24. The molecule has 0 aliphatic carbocycles. The number of aliphatic hydroxyl groups is 1. The normalized spacial score (nSPS) is 15.3. The average molecular weight is 179 g/mol. The minimum atomic E-state index is -0.315. The highest BCUT2D eigenvalue weighted by molar-refractivity contribution is 5.22. The Labute approximate surface area is 79.4 Å². The van der Waals surface area contributed by atoms with E-state index in [1.807, 2.05) is 37.3 Å². The molecule has 0 saturated carbocycles. The van der Waals surface area contributed by atoms with Crippen LogP contribution < -0.4 is 5.73 Å². The molecule has 0 radical (unpaired) electrons. The third kappa shape index (κ3) is 2.83. The highest BCUT2D eigenvalue weighted by atomic mass is 16.2. The van der Waals surface area contributed by atoms with Gasteiger partial charge in [-0.1, -0.05) is 30.3 Å². The Bertz CT molecular complexity index is 244. The van der Waals surface area contributed by atoms with E-state index in [0.29, 0.717) is 0 Å². The van der Waals surface area contributed by atoms with Gasteiger partial charge in [0.05, 0.1) is 0 Å². The molecule has 0 saturated heterocycles. The molecule has 0 amide bonds. The number of nitrogens with two attached hydrogens (primary N) is 1. The summed E-state index contributed by atoms with van der Waals surface area (Å²) in [6.45, 7) is 2.21. The fraction of sp³-hybridized carbons (Fsp3) is 0.455. The van der Waals surface area contributed by atoms with Gasteiger partial charge in [0.1, 0.15) is 0 Å². The molecule has 0 aromatic heterocycles. The zero-order valence-corrected chi connectivity index (χ0v) is 8.03. The first-order chi connectivity index (χ1) is 6.17. The van der Waals surface area contributed by atoms with E-state index in [-0.39, 0.29) is 12.1 Å². The molecule has 13 heavy (non-hydrogen) atoms. The topological polar surface area (TPSA) is 46.2 Å². The van der Waals surface area contributed by atoms with E-state index >= 15 is 0 Å². The maximum absolute atomic E-state index is 8.72. The fourth-order valence-electron chi connectivity index (χ4n) is 1.41. The van der Waals surface area contributed by atoms with Crippen LogP contribution in [0, 0.1) is 0 Å². The smallest absolute Gasteiger partial charge is 0.0431 e. The van der Waals surface area contributed by atoms with Crippen molar-refractivity contribution in [1.82, 2.24) is 0 Å². The van der Waals surface area contributed by atoms with Crippen molar-refractivity contribution in [2.75, 3.05) is 6.61 Å². The third-order valence-electron chi connectivity index (χ3n) is 2.29. The number of rotatable bonds is 4. The number of hydrogen-bond acceptors (Lipinski definition) is 2. The quantitative estimate of drug-likeness (QED) is 0.738. The summed E-state index contributed by atoms with van der Waals surface area (Å²) in [7, 11) is 0. The van der Waals surface area contributed by atoms with E-state index in [1.54, 1.807) is 0 Å². The van der Waals surface area contributed by atoms with Gasteiger partial charge in [-0.3, -0.25) is 0 Å². The van der Waals surface area contributed by atoms with Crippen LogP contribution in [0.5, 0.6) is 0 Å². The molecule has 3 N–H and O–H groups in total. The molecule has 1 rings (SSSR count). The van der Waals surface area contributed by atoms with Crippen molar-refractivity contribution in [2.24, 2.45) is 5.73 Å². The van der Waals surface area contributed by atoms with Crippen molar-refractivity contribution < 1.29 is 5.11 Å². The Morgan fingerprint density at radius 2 is 1.92 bits per heavy atom. The maximum Gasteiger partial charge on any atom is 0.0431 e. The van der Waals surface area contributed by atoms with Gasteiger partial charge >= 0.3 is 0 Å². The number of benzene rings is 1. The van der Waals surface area contributed by atoms with E-state index in [9.17, 15) is 0 Å². The van der Waals surface area contributed by atoms with Crippen molar-refractivity contribution in [3.8, 4) is 0 Å². The molecule has 0 heterocycles. The van der Waals surface area contributed by atoms with Crippen LogP contribution in [0.4, 0.5) is 0 Å². The van der Waals surface area contributed by atoms with Crippen LogP contribution in [0.3, 0.4) is 0 Å². The molecule has 1 atom stereocenters. The van der Waals surface area contributed by atoms with Gasteiger partial charge in [0.2, 0.25) is 0 Å². The van der Waals surface area contributed by atoms with E-state index in [1.165, 1.54) is 0 Å². The predicted octanol–water partition coefficient (Wildman–Crippen LogP) is 1.63. The molecule has 0 bridgehead atoms. The zero-order valence-electron chi connectivity index (χ0n) is 8.03. The summed E-state index contributed by atoms with van der Waals surface area (Å²) in [5.41, 5.74) is 6.93. The van der Waals surface area contributed by atoms with Gasteiger partial charge in [-0.05, 0) is 25.3 Å². The van der Waals surface area contributed by atoms with Gasteiger partial charge in [-0.2, -0.15) is 0 Å². The molecular weight excluding hydrogens is 162 g/mol. The van der Waals surface area contributed by atoms with E-state index in [4.69, 9.17) is 10.8 Å². The minimum Gasteiger partial charge on any atom is -0.396 e. The summed E-state index contributed by atoms with van der Waals surface area (Å²) in [5.74, 6) is 0. The SMILES string of the molecule is CC(N)(CCCO)c1ccccc1. The second-order valence-electron chi connectivity index (χ2n) is 3.61. The molecular formula is C11H17NO. The maximum atomic E-state index is 8.72. The lowest BCUT2D eigenvalue weighted by atomic mass is 9.89. The molecule has 2 heteroatoms. The second-order valence-corrected chi connectivity index (χ2v) is 3.61. The van der Waals surface area contributed by atoms with E-state index in [2.05, 4.69) is 0 Å². The van der Waals surface area contributed by atoms with Crippen LogP contribution in [-0.4, -0.2) is 11.7 Å². The van der Waals surface area contributed by atoms with Crippen molar-refractivity contribution in [1.29, 1.82) is 0 Å². The molecule has 1 aromatic carbocycles. The minimum absolute atomic E-state index is 0.208. The molecule has 0 aliphatic heterocycles. The molecule has 2 nitrogen and oxygen atoms in total. The molecule has 0 aliphatic rings. The highest BCUT2D eigenvalue weighted by Crippen LogP contribution is 2.22. The van der Waals surface area contributed by atoms with Crippen LogP contribution in [0.1, 0.15) is 25.3 Å². The first-order valence-electron chi connectivity index (χ1n) is 4.62. The van der Waals surface area contributed by atoms with Crippen LogP contribution in [0.2, 0.25) is 0 Å². The van der Waals surface area contributed by atoms with Gasteiger partial charge in [0.25, 0.3) is 0 Å². The first kappa shape index (κ1) is 10.2. The molecule has 72 valence electrons. The van der Waals surface area contributed by atoms with Gasteiger partial charge in [-0.15, -0.1) is 0 Å². The van der Waals surface area contributed by atoms with Crippen molar-refractivity contribution >= 4 is 0 Å². The van der Waals surface area contributed by atoms with E-state index in [0.717, 1.165) is 18.4 Å². The molecule has 1 aromatic rings. The largest absolute Gasteiger partial charge is 0.396 e. The van der Waals surface area contributed by atoms with Crippen molar-refractivity contribution in [2.45, 2.75) is 25.3 Å². The standard InChI is InChI=1S/C11H17NO/c1-11(12,8-5-9-13)10-6-3-2-4-7-10/h2-4,6-7,13H,5,8-9,12H2,1H3. The number of aliphatic hydroxyl groups excluding tert-OH is 1. The molecule has 0 spiro atoms. The van der Waals surface area contributed by atoms with Crippen molar-refractivity contribution in [3.63, 3.8) is 0 Å². The Hall–Kier alpha value is -0.860. The van der Waals surface area contributed by atoms with Crippen LogP contribution in [0.25, 0.3) is 0 Å². The fourth-order valence-corrected chi connectivity index (χ4v) is 1.41. The van der Waals surface area contributed by atoms with Gasteiger partial charge in [0, 0.05) is 12.1 Å². The Kier molecular flexibility index (Phi) is 3.46. The van der Waals surface area contributed by atoms with Crippen LogP contribution in [-0.2, 0) is 5.54 Å². The van der Waals surface area contributed by atoms with Gasteiger partial charge in [-0.25, -0.2) is 0 Å². The lowest BCUT2D eigenvalue weighted by Crippen LogP contribution is -2.33. The monoisotopic (exact) mass is 179 g/mol. The van der Waals surface area contributed by atoms with Gasteiger partial charge < -0.3 is 10.8 Å². The third-order valence-corrected chi connectivity index (χ3v) is 2.29.